The molecule has 0 aliphatic rings. The van der Waals surface area contributed by atoms with Gasteiger partial charge in [-0.05, 0) is 54.5 Å². The average Bonchev–Trinajstić information content (AvgIpc) is 2.75. The second-order valence-electron chi connectivity index (χ2n) is 8.10. The number of hydrogen-bond acceptors (Lipinski definition) is 4. The van der Waals surface area contributed by atoms with E-state index >= 15 is 0 Å². The first-order valence-electron chi connectivity index (χ1n) is 10.7. The molecule has 0 aromatic heterocycles. The van der Waals surface area contributed by atoms with Crippen molar-refractivity contribution in [3.8, 4) is 0 Å². The van der Waals surface area contributed by atoms with Crippen LogP contribution in [-0.4, -0.2) is 30.4 Å². The number of hydrogen-bond donors (Lipinski definition) is 2. The predicted molar refractivity (Wildman–Crippen MR) is 122 cm³/mol. The highest BCUT2D eigenvalue weighted by Crippen LogP contribution is 2.20. The lowest BCUT2D eigenvalue weighted by Crippen LogP contribution is -2.46. The molecule has 0 spiro atoms. The molecule has 0 aliphatic heterocycles. The fourth-order valence-electron chi connectivity index (χ4n) is 3.10. The lowest BCUT2D eigenvalue weighted by Gasteiger charge is -2.21. The van der Waals surface area contributed by atoms with Crippen LogP contribution in [0, 0.1) is 12.8 Å². The summed E-state index contributed by atoms with van der Waals surface area (Å²) < 4.78 is 5.18. The highest BCUT2D eigenvalue weighted by atomic mass is 16.5. The highest BCUT2D eigenvalue weighted by molar-refractivity contribution is 5.98. The SMILES string of the molecule is CC[C@H](C)c1ccc(NC(=O)COC(=O)[C@@H](NC(=O)c2ccccc2C)C(C)C)cc1. The van der Waals surface area contributed by atoms with Crippen LogP contribution in [0.4, 0.5) is 5.69 Å². The third-order valence-corrected chi connectivity index (χ3v) is 5.32. The molecule has 2 aromatic rings. The maximum atomic E-state index is 12.6. The summed E-state index contributed by atoms with van der Waals surface area (Å²) in [5.74, 6) is -1.17. The van der Waals surface area contributed by atoms with Crippen LogP contribution in [0.2, 0.25) is 0 Å². The van der Waals surface area contributed by atoms with E-state index in [1.807, 2.05) is 57.2 Å². The van der Waals surface area contributed by atoms with Crippen molar-refractivity contribution in [2.75, 3.05) is 11.9 Å². The highest BCUT2D eigenvalue weighted by Gasteiger charge is 2.27. The zero-order valence-corrected chi connectivity index (χ0v) is 18.9. The number of aryl methyl sites for hydroxylation is 1. The van der Waals surface area contributed by atoms with Crippen molar-refractivity contribution in [1.82, 2.24) is 5.32 Å². The number of rotatable bonds is 9. The Morgan fingerprint density at radius 1 is 0.968 bits per heavy atom. The van der Waals surface area contributed by atoms with Crippen molar-refractivity contribution >= 4 is 23.5 Å². The topological polar surface area (TPSA) is 84.5 Å². The van der Waals surface area contributed by atoms with E-state index in [4.69, 9.17) is 4.74 Å². The van der Waals surface area contributed by atoms with Gasteiger partial charge in [-0.15, -0.1) is 0 Å². The number of ether oxygens (including phenoxy) is 1. The van der Waals surface area contributed by atoms with Gasteiger partial charge in [-0.2, -0.15) is 0 Å². The molecular formula is C25H32N2O4. The van der Waals surface area contributed by atoms with E-state index in [9.17, 15) is 14.4 Å². The number of carbonyl (C=O) groups excluding carboxylic acids is 3. The van der Waals surface area contributed by atoms with E-state index in [1.54, 1.807) is 12.1 Å². The summed E-state index contributed by atoms with van der Waals surface area (Å²) in [5.41, 5.74) is 3.16. The summed E-state index contributed by atoms with van der Waals surface area (Å²) in [5, 5.41) is 5.44. The summed E-state index contributed by atoms with van der Waals surface area (Å²) in [6, 6.07) is 13.9. The minimum atomic E-state index is -0.852. The van der Waals surface area contributed by atoms with Gasteiger partial charge in [-0.3, -0.25) is 9.59 Å². The van der Waals surface area contributed by atoms with Crippen molar-refractivity contribution < 1.29 is 19.1 Å². The van der Waals surface area contributed by atoms with Gasteiger partial charge in [-0.1, -0.05) is 58.0 Å². The number of anilines is 1. The average molecular weight is 425 g/mol. The molecule has 0 saturated heterocycles. The Kier molecular flexibility index (Phi) is 8.79. The van der Waals surface area contributed by atoms with Gasteiger partial charge in [0.05, 0.1) is 0 Å². The monoisotopic (exact) mass is 424 g/mol. The second kappa shape index (κ2) is 11.3. The van der Waals surface area contributed by atoms with Crippen molar-refractivity contribution in [3.63, 3.8) is 0 Å². The van der Waals surface area contributed by atoms with Gasteiger partial charge < -0.3 is 15.4 Å². The molecule has 6 nitrogen and oxygen atoms in total. The fraction of sp³-hybridized carbons (Fsp3) is 0.400. The molecule has 2 atom stereocenters. The quantitative estimate of drug-likeness (QED) is 0.583. The first kappa shape index (κ1) is 24.1. The molecular weight excluding hydrogens is 392 g/mol. The van der Waals surface area contributed by atoms with Gasteiger partial charge in [0.1, 0.15) is 6.04 Å². The lowest BCUT2D eigenvalue weighted by molar-refractivity contribution is -0.150. The zero-order valence-electron chi connectivity index (χ0n) is 18.9. The van der Waals surface area contributed by atoms with Crippen LogP contribution in [0.25, 0.3) is 0 Å². The van der Waals surface area contributed by atoms with Crippen LogP contribution >= 0.6 is 0 Å². The molecule has 0 bridgehead atoms. The van der Waals surface area contributed by atoms with Gasteiger partial charge in [0, 0.05) is 11.3 Å². The summed E-state index contributed by atoms with van der Waals surface area (Å²) in [6.45, 7) is 9.30. The summed E-state index contributed by atoms with van der Waals surface area (Å²) in [7, 11) is 0. The van der Waals surface area contributed by atoms with Crippen LogP contribution in [0.5, 0.6) is 0 Å². The molecule has 0 aliphatic carbocycles. The van der Waals surface area contributed by atoms with E-state index in [-0.39, 0.29) is 11.8 Å². The Morgan fingerprint density at radius 3 is 2.19 bits per heavy atom. The summed E-state index contributed by atoms with van der Waals surface area (Å²) >= 11 is 0. The molecule has 6 heteroatoms. The molecule has 0 fully saturated rings. The van der Waals surface area contributed by atoms with Gasteiger partial charge in [0.2, 0.25) is 0 Å². The van der Waals surface area contributed by atoms with Crippen molar-refractivity contribution in [2.45, 2.75) is 53.0 Å². The minimum Gasteiger partial charge on any atom is -0.454 e. The number of amides is 2. The van der Waals surface area contributed by atoms with Gasteiger partial charge in [0.25, 0.3) is 11.8 Å². The fourth-order valence-corrected chi connectivity index (χ4v) is 3.10. The Labute approximate surface area is 184 Å². The summed E-state index contributed by atoms with van der Waals surface area (Å²) in [4.78, 5) is 37.3. The van der Waals surface area contributed by atoms with E-state index in [0.29, 0.717) is 17.2 Å². The number of carbonyl (C=O) groups is 3. The number of nitrogens with one attached hydrogen (secondary N) is 2. The molecule has 0 saturated carbocycles. The molecule has 2 N–H and O–H groups in total. The third kappa shape index (κ3) is 6.95. The maximum Gasteiger partial charge on any atom is 0.329 e. The van der Waals surface area contributed by atoms with Gasteiger partial charge >= 0.3 is 5.97 Å². The van der Waals surface area contributed by atoms with Crippen molar-refractivity contribution in [2.24, 2.45) is 5.92 Å². The number of esters is 1. The van der Waals surface area contributed by atoms with Gasteiger partial charge in [0.15, 0.2) is 6.61 Å². The van der Waals surface area contributed by atoms with Crippen LogP contribution in [0.15, 0.2) is 48.5 Å². The number of benzene rings is 2. The standard InChI is InChI=1S/C25H32N2O4/c1-6-17(4)19-11-13-20(14-12-19)26-22(28)15-31-25(30)23(16(2)3)27-24(29)21-10-8-7-9-18(21)5/h7-14,16-17,23H,6,15H2,1-5H3,(H,26,28)(H,27,29)/t17-,23-/m0/s1. The third-order valence-electron chi connectivity index (χ3n) is 5.32. The van der Waals surface area contributed by atoms with Gasteiger partial charge in [-0.25, -0.2) is 4.79 Å². The largest absolute Gasteiger partial charge is 0.454 e. The van der Waals surface area contributed by atoms with Crippen LogP contribution < -0.4 is 10.6 Å². The van der Waals surface area contributed by atoms with E-state index < -0.39 is 24.5 Å². The van der Waals surface area contributed by atoms with E-state index in [2.05, 4.69) is 24.5 Å². The Bertz CT molecular complexity index is 906. The molecule has 166 valence electrons. The van der Waals surface area contributed by atoms with Crippen LogP contribution in [-0.2, 0) is 14.3 Å². The molecule has 0 unspecified atom stereocenters. The van der Waals surface area contributed by atoms with Crippen molar-refractivity contribution in [3.05, 3.63) is 65.2 Å². The molecule has 2 rings (SSSR count). The molecule has 0 heterocycles. The molecule has 31 heavy (non-hydrogen) atoms. The Hall–Kier alpha value is -3.15. The predicted octanol–water partition coefficient (Wildman–Crippen LogP) is 4.44. The zero-order chi connectivity index (χ0) is 23.0. The maximum absolute atomic E-state index is 12.6. The van der Waals surface area contributed by atoms with Crippen LogP contribution in [0.3, 0.4) is 0 Å². The molecule has 2 aromatic carbocycles. The smallest absolute Gasteiger partial charge is 0.329 e. The van der Waals surface area contributed by atoms with E-state index in [1.165, 1.54) is 5.56 Å². The van der Waals surface area contributed by atoms with Crippen molar-refractivity contribution in [1.29, 1.82) is 0 Å². The minimum absolute atomic E-state index is 0.198. The first-order valence-corrected chi connectivity index (χ1v) is 10.7. The Balaban J connectivity index is 1.91. The first-order chi connectivity index (χ1) is 14.7. The molecule has 2 amide bonds. The normalized spacial score (nSPS) is 12.7. The Morgan fingerprint density at radius 2 is 1.61 bits per heavy atom. The van der Waals surface area contributed by atoms with E-state index in [0.717, 1.165) is 12.0 Å². The molecule has 0 radical (unpaired) electrons. The van der Waals surface area contributed by atoms with Crippen LogP contribution in [0.1, 0.15) is 61.5 Å². The lowest BCUT2D eigenvalue weighted by atomic mass is 9.99. The summed E-state index contributed by atoms with van der Waals surface area (Å²) in [6.07, 6.45) is 1.04. The second-order valence-corrected chi connectivity index (χ2v) is 8.10.